The Labute approximate surface area is 148 Å². The normalized spacial score (nSPS) is 13.8. The largest absolute Gasteiger partial charge is 0.375 e. The molecule has 0 saturated carbocycles. The minimum absolute atomic E-state index is 0.0174. The van der Waals surface area contributed by atoms with Crippen molar-refractivity contribution >= 4 is 5.91 Å². The van der Waals surface area contributed by atoms with Gasteiger partial charge in [0, 0.05) is 44.9 Å². The van der Waals surface area contributed by atoms with Crippen molar-refractivity contribution in [2.24, 2.45) is 7.05 Å². The second-order valence-corrected chi connectivity index (χ2v) is 6.41. The van der Waals surface area contributed by atoms with Gasteiger partial charge in [-0.3, -0.25) is 9.48 Å². The van der Waals surface area contributed by atoms with Crippen LogP contribution in [0.1, 0.15) is 28.1 Å². The molecular formula is C19H25N3O3. The maximum absolute atomic E-state index is 12.1. The number of aryl methyl sites for hydroxylation is 2. The molecule has 2 heterocycles. The number of methoxy groups -OCH3 is 1. The minimum atomic E-state index is 0.0174. The number of hydrogen-bond acceptors (Lipinski definition) is 4. The first-order valence-electron chi connectivity index (χ1n) is 8.52. The Hall–Kier alpha value is -2.18. The number of amides is 1. The Kier molecular flexibility index (Phi) is 5.50. The molecule has 6 nitrogen and oxygen atoms in total. The van der Waals surface area contributed by atoms with E-state index in [1.807, 2.05) is 28.8 Å². The number of ether oxygens (including phenoxy) is 2. The number of rotatable bonds is 6. The second-order valence-electron chi connectivity index (χ2n) is 6.41. The molecule has 134 valence electrons. The van der Waals surface area contributed by atoms with Crippen molar-refractivity contribution in [3.05, 3.63) is 52.3 Å². The van der Waals surface area contributed by atoms with Crippen LogP contribution >= 0.6 is 0 Å². The predicted octanol–water partition coefficient (Wildman–Crippen LogP) is 1.98. The van der Waals surface area contributed by atoms with Gasteiger partial charge in [-0.1, -0.05) is 24.3 Å². The molecule has 1 amide bonds. The van der Waals surface area contributed by atoms with Crippen molar-refractivity contribution in [3.63, 3.8) is 0 Å². The summed E-state index contributed by atoms with van der Waals surface area (Å²) >= 11 is 0. The number of fused-ring (bicyclic) bond motifs is 1. The molecule has 0 saturated heterocycles. The third-order valence-corrected chi connectivity index (χ3v) is 4.70. The average Bonchev–Trinajstić information content (AvgIpc) is 2.92. The minimum Gasteiger partial charge on any atom is -0.375 e. The van der Waals surface area contributed by atoms with E-state index in [0.717, 1.165) is 17.7 Å². The molecule has 0 fully saturated rings. The topological polar surface area (TPSA) is 56.6 Å². The van der Waals surface area contributed by atoms with E-state index in [9.17, 15) is 4.79 Å². The molecular weight excluding hydrogens is 318 g/mol. The number of carbonyl (C=O) groups is 1. The standard InChI is InChI=1S/C19H25N3O3/c1-14-6-4-5-7-15(14)11-25-12-17-16-10-22(19(23)13-24-3)9-8-18(16)21(2)20-17/h4-7H,8-13H2,1-3H3. The molecule has 0 unspecified atom stereocenters. The Morgan fingerprint density at radius 2 is 2.08 bits per heavy atom. The van der Waals surface area contributed by atoms with Crippen LogP contribution in [0, 0.1) is 6.92 Å². The van der Waals surface area contributed by atoms with E-state index in [4.69, 9.17) is 9.47 Å². The number of aromatic nitrogens is 2. The Balaban J connectivity index is 1.67. The van der Waals surface area contributed by atoms with Crippen LogP contribution in [0.4, 0.5) is 0 Å². The summed E-state index contributed by atoms with van der Waals surface area (Å²) in [6, 6.07) is 8.21. The van der Waals surface area contributed by atoms with Crippen LogP contribution in [0.5, 0.6) is 0 Å². The third-order valence-electron chi connectivity index (χ3n) is 4.70. The highest BCUT2D eigenvalue weighted by atomic mass is 16.5. The van der Waals surface area contributed by atoms with Crippen molar-refractivity contribution in [2.45, 2.75) is 33.1 Å². The first-order chi connectivity index (χ1) is 12.1. The summed E-state index contributed by atoms with van der Waals surface area (Å²) < 4.78 is 12.8. The molecule has 0 N–H and O–H groups in total. The van der Waals surface area contributed by atoms with Crippen LogP contribution in [-0.2, 0) is 47.5 Å². The maximum atomic E-state index is 12.1. The van der Waals surface area contributed by atoms with Crippen LogP contribution in [0.2, 0.25) is 0 Å². The number of carbonyl (C=O) groups excluding carboxylic acids is 1. The molecule has 0 atom stereocenters. The van der Waals surface area contributed by atoms with Gasteiger partial charge in [-0.15, -0.1) is 0 Å². The highest BCUT2D eigenvalue weighted by molar-refractivity contribution is 5.77. The lowest BCUT2D eigenvalue weighted by molar-refractivity contribution is -0.136. The zero-order chi connectivity index (χ0) is 17.8. The maximum Gasteiger partial charge on any atom is 0.248 e. The molecule has 3 rings (SSSR count). The van der Waals surface area contributed by atoms with Crippen LogP contribution < -0.4 is 0 Å². The summed E-state index contributed by atoms with van der Waals surface area (Å²) in [7, 11) is 3.50. The average molecular weight is 343 g/mol. The highest BCUT2D eigenvalue weighted by Crippen LogP contribution is 2.23. The van der Waals surface area contributed by atoms with Crippen molar-refractivity contribution < 1.29 is 14.3 Å². The van der Waals surface area contributed by atoms with E-state index in [1.165, 1.54) is 16.8 Å². The predicted molar refractivity (Wildman–Crippen MR) is 93.9 cm³/mol. The molecule has 0 radical (unpaired) electrons. The summed E-state index contributed by atoms with van der Waals surface area (Å²) in [6.07, 6.45) is 0.812. The Morgan fingerprint density at radius 3 is 2.84 bits per heavy atom. The first kappa shape index (κ1) is 17.6. The smallest absolute Gasteiger partial charge is 0.248 e. The lowest BCUT2D eigenvalue weighted by Gasteiger charge is -2.27. The molecule has 6 heteroatoms. The molecule has 0 bridgehead atoms. The molecule has 1 aliphatic heterocycles. The van der Waals surface area contributed by atoms with Crippen molar-refractivity contribution in [3.8, 4) is 0 Å². The molecule has 0 spiro atoms. The summed E-state index contributed by atoms with van der Waals surface area (Å²) in [6.45, 7) is 4.50. The zero-order valence-corrected chi connectivity index (χ0v) is 15.1. The van der Waals surface area contributed by atoms with Gasteiger partial charge < -0.3 is 14.4 Å². The first-order valence-corrected chi connectivity index (χ1v) is 8.52. The van der Waals surface area contributed by atoms with Gasteiger partial charge >= 0.3 is 0 Å². The SMILES string of the molecule is COCC(=O)N1CCc2c(c(COCc3ccccc3C)nn2C)C1. The van der Waals surface area contributed by atoms with Crippen LogP contribution in [0.25, 0.3) is 0 Å². The Morgan fingerprint density at radius 1 is 1.28 bits per heavy atom. The fourth-order valence-corrected chi connectivity index (χ4v) is 3.24. The molecule has 1 aromatic carbocycles. The molecule has 2 aromatic rings. The number of nitrogens with zero attached hydrogens (tertiary/aromatic N) is 3. The molecule has 1 aliphatic rings. The number of hydrogen-bond donors (Lipinski definition) is 0. The van der Waals surface area contributed by atoms with E-state index in [1.54, 1.807) is 7.11 Å². The quantitative estimate of drug-likeness (QED) is 0.805. The monoisotopic (exact) mass is 343 g/mol. The van der Waals surface area contributed by atoms with Gasteiger partial charge in [0.1, 0.15) is 6.61 Å². The summed E-state index contributed by atoms with van der Waals surface area (Å²) in [5.74, 6) is 0.0174. The second kappa shape index (κ2) is 7.80. The van der Waals surface area contributed by atoms with E-state index in [0.29, 0.717) is 26.3 Å². The lowest BCUT2D eigenvalue weighted by Crippen LogP contribution is -2.38. The van der Waals surface area contributed by atoms with Gasteiger partial charge in [-0.05, 0) is 18.1 Å². The van der Waals surface area contributed by atoms with Gasteiger partial charge in [0.2, 0.25) is 5.91 Å². The molecule has 0 aliphatic carbocycles. The lowest BCUT2D eigenvalue weighted by atomic mass is 10.1. The highest BCUT2D eigenvalue weighted by Gasteiger charge is 2.26. The third kappa shape index (κ3) is 3.91. The summed E-state index contributed by atoms with van der Waals surface area (Å²) in [5, 5.41) is 4.61. The van der Waals surface area contributed by atoms with Gasteiger partial charge in [-0.25, -0.2) is 0 Å². The zero-order valence-electron chi connectivity index (χ0n) is 15.1. The van der Waals surface area contributed by atoms with E-state index in [2.05, 4.69) is 24.2 Å². The van der Waals surface area contributed by atoms with Gasteiger partial charge in [0.15, 0.2) is 0 Å². The molecule has 1 aromatic heterocycles. The van der Waals surface area contributed by atoms with Gasteiger partial charge in [0.25, 0.3) is 0 Å². The van der Waals surface area contributed by atoms with Crippen LogP contribution in [0.3, 0.4) is 0 Å². The van der Waals surface area contributed by atoms with Crippen LogP contribution in [-0.4, -0.2) is 40.8 Å². The number of benzene rings is 1. The van der Waals surface area contributed by atoms with Crippen LogP contribution in [0.15, 0.2) is 24.3 Å². The fraction of sp³-hybridized carbons (Fsp3) is 0.474. The van der Waals surface area contributed by atoms with Crippen molar-refractivity contribution in [2.75, 3.05) is 20.3 Å². The van der Waals surface area contributed by atoms with E-state index >= 15 is 0 Å². The van der Waals surface area contributed by atoms with Crippen molar-refractivity contribution in [1.82, 2.24) is 14.7 Å². The van der Waals surface area contributed by atoms with E-state index in [-0.39, 0.29) is 12.5 Å². The van der Waals surface area contributed by atoms with Gasteiger partial charge in [0.05, 0.1) is 18.9 Å². The fourth-order valence-electron chi connectivity index (χ4n) is 3.24. The molecule has 25 heavy (non-hydrogen) atoms. The van der Waals surface area contributed by atoms with Crippen molar-refractivity contribution in [1.29, 1.82) is 0 Å². The Bertz CT molecular complexity index is 754. The van der Waals surface area contributed by atoms with Gasteiger partial charge in [-0.2, -0.15) is 5.10 Å². The summed E-state index contributed by atoms with van der Waals surface area (Å²) in [5.41, 5.74) is 5.63. The van der Waals surface area contributed by atoms with E-state index < -0.39 is 0 Å². The summed E-state index contributed by atoms with van der Waals surface area (Å²) in [4.78, 5) is 13.9.